The lowest BCUT2D eigenvalue weighted by molar-refractivity contribution is 0.0753. The molecule has 1 amide bonds. The third-order valence-corrected chi connectivity index (χ3v) is 4.42. The summed E-state index contributed by atoms with van der Waals surface area (Å²) >= 11 is 7.87. The van der Waals surface area contributed by atoms with Crippen LogP contribution in [0.25, 0.3) is 0 Å². The SMILES string of the molecule is CNc1cc(C(=O)N2CC(C)SC(C)C2)cc(Cl)n1. The van der Waals surface area contributed by atoms with Crippen LogP contribution in [0.5, 0.6) is 0 Å². The lowest BCUT2D eigenvalue weighted by Gasteiger charge is -2.34. The van der Waals surface area contributed by atoms with Crippen LogP contribution in [0.15, 0.2) is 12.1 Å². The fraction of sp³-hybridized carbons (Fsp3) is 0.538. The maximum atomic E-state index is 12.5. The Kier molecular flexibility index (Phi) is 4.58. The molecule has 1 N–H and O–H groups in total. The van der Waals surface area contributed by atoms with E-state index in [0.717, 1.165) is 13.1 Å². The Morgan fingerprint density at radius 1 is 1.42 bits per heavy atom. The Hall–Kier alpha value is -0.940. The molecule has 1 aliphatic heterocycles. The number of carbonyl (C=O) groups is 1. The van der Waals surface area contributed by atoms with Crippen LogP contribution in [-0.2, 0) is 0 Å². The molecule has 1 saturated heterocycles. The summed E-state index contributed by atoms with van der Waals surface area (Å²) in [6.45, 7) is 5.86. The number of amides is 1. The average Bonchev–Trinajstić information content (AvgIpc) is 2.35. The highest BCUT2D eigenvalue weighted by atomic mass is 35.5. The highest BCUT2D eigenvalue weighted by Gasteiger charge is 2.26. The Balaban J connectivity index is 2.21. The van der Waals surface area contributed by atoms with E-state index in [1.54, 1.807) is 19.2 Å². The molecule has 2 rings (SSSR count). The first-order valence-corrected chi connectivity index (χ1v) is 7.61. The molecule has 2 unspecified atom stereocenters. The molecule has 2 heterocycles. The molecule has 0 bridgehead atoms. The van der Waals surface area contributed by atoms with Gasteiger partial charge in [0.25, 0.3) is 5.91 Å². The van der Waals surface area contributed by atoms with E-state index in [0.29, 0.717) is 27.0 Å². The van der Waals surface area contributed by atoms with Gasteiger partial charge in [0.05, 0.1) is 0 Å². The second-order valence-corrected chi connectivity index (χ2v) is 7.05. The summed E-state index contributed by atoms with van der Waals surface area (Å²) in [5.41, 5.74) is 0.593. The Labute approximate surface area is 122 Å². The number of thioether (sulfide) groups is 1. The molecule has 0 spiro atoms. The monoisotopic (exact) mass is 299 g/mol. The standard InChI is InChI=1S/C13H18ClN3OS/c1-8-6-17(7-9(2)19-8)13(18)10-4-11(14)16-12(5-10)15-3/h4-5,8-9H,6-7H2,1-3H3,(H,15,16). The van der Waals surface area contributed by atoms with Crippen LogP contribution in [0, 0.1) is 0 Å². The zero-order valence-corrected chi connectivity index (χ0v) is 12.9. The third kappa shape index (κ3) is 3.54. The average molecular weight is 300 g/mol. The largest absolute Gasteiger partial charge is 0.373 e. The van der Waals surface area contributed by atoms with E-state index in [2.05, 4.69) is 24.1 Å². The molecule has 1 aliphatic rings. The van der Waals surface area contributed by atoms with Crippen molar-refractivity contribution < 1.29 is 4.79 Å². The molecule has 1 aromatic rings. The van der Waals surface area contributed by atoms with Crippen molar-refractivity contribution in [1.82, 2.24) is 9.88 Å². The van der Waals surface area contributed by atoms with Gasteiger partial charge in [-0.1, -0.05) is 25.4 Å². The number of rotatable bonds is 2. The molecule has 0 saturated carbocycles. The van der Waals surface area contributed by atoms with Crippen molar-refractivity contribution in [3.8, 4) is 0 Å². The Morgan fingerprint density at radius 3 is 2.63 bits per heavy atom. The van der Waals surface area contributed by atoms with E-state index < -0.39 is 0 Å². The highest BCUT2D eigenvalue weighted by molar-refractivity contribution is 8.00. The highest BCUT2D eigenvalue weighted by Crippen LogP contribution is 2.26. The zero-order chi connectivity index (χ0) is 14.0. The molecular formula is C13H18ClN3OS. The second-order valence-electron chi connectivity index (χ2n) is 4.78. The summed E-state index contributed by atoms with van der Waals surface area (Å²) < 4.78 is 0. The number of anilines is 1. The van der Waals surface area contributed by atoms with Crippen molar-refractivity contribution >= 4 is 35.1 Å². The van der Waals surface area contributed by atoms with Crippen molar-refractivity contribution in [2.75, 3.05) is 25.5 Å². The first-order valence-electron chi connectivity index (χ1n) is 6.29. The summed E-state index contributed by atoms with van der Waals surface area (Å²) in [6, 6.07) is 3.37. The zero-order valence-electron chi connectivity index (χ0n) is 11.3. The van der Waals surface area contributed by atoms with Gasteiger partial charge in [0, 0.05) is 36.2 Å². The fourth-order valence-electron chi connectivity index (χ4n) is 2.27. The van der Waals surface area contributed by atoms with Crippen LogP contribution in [0.4, 0.5) is 5.82 Å². The first kappa shape index (κ1) is 14.5. The summed E-state index contributed by atoms with van der Waals surface area (Å²) in [5.74, 6) is 0.642. The normalized spacial score (nSPS) is 23.3. The minimum Gasteiger partial charge on any atom is -0.373 e. The van der Waals surface area contributed by atoms with Crippen molar-refractivity contribution in [3.05, 3.63) is 22.8 Å². The first-order chi connectivity index (χ1) is 8.99. The second kappa shape index (κ2) is 6.01. The topological polar surface area (TPSA) is 45.2 Å². The van der Waals surface area contributed by atoms with Gasteiger partial charge < -0.3 is 10.2 Å². The molecule has 0 aliphatic carbocycles. The van der Waals surface area contributed by atoms with E-state index in [1.807, 2.05) is 16.7 Å². The van der Waals surface area contributed by atoms with Gasteiger partial charge in [-0.15, -0.1) is 0 Å². The summed E-state index contributed by atoms with van der Waals surface area (Å²) in [7, 11) is 1.76. The van der Waals surface area contributed by atoms with Gasteiger partial charge in [0.1, 0.15) is 11.0 Å². The van der Waals surface area contributed by atoms with Gasteiger partial charge in [-0.25, -0.2) is 4.98 Å². The van der Waals surface area contributed by atoms with Crippen LogP contribution in [0.3, 0.4) is 0 Å². The maximum absolute atomic E-state index is 12.5. The molecule has 0 aromatic carbocycles. The number of hydrogen-bond acceptors (Lipinski definition) is 4. The van der Waals surface area contributed by atoms with Crippen molar-refractivity contribution in [2.45, 2.75) is 24.3 Å². The lowest BCUT2D eigenvalue weighted by atomic mass is 10.2. The Bertz CT molecular complexity index is 473. The summed E-state index contributed by atoms with van der Waals surface area (Å²) in [4.78, 5) is 18.5. The van der Waals surface area contributed by atoms with E-state index in [-0.39, 0.29) is 5.91 Å². The smallest absolute Gasteiger partial charge is 0.254 e. The van der Waals surface area contributed by atoms with Crippen LogP contribution in [0.1, 0.15) is 24.2 Å². The summed E-state index contributed by atoms with van der Waals surface area (Å²) in [5, 5.41) is 4.18. The number of aromatic nitrogens is 1. The molecule has 1 fully saturated rings. The van der Waals surface area contributed by atoms with E-state index in [1.165, 1.54) is 0 Å². The molecular weight excluding hydrogens is 282 g/mol. The minimum absolute atomic E-state index is 0.0276. The summed E-state index contributed by atoms with van der Waals surface area (Å²) in [6.07, 6.45) is 0. The van der Waals surface area contributed by atoms with E-state index in [9.17, 15) is 4.79 Å². The van der Waals surface area contributed by atoms with Gasteiger partial charge in [-0.3, -0.25) is 4.79 Å². The maximum Gasteiger partial charge on any atom is 0.254 e. The van der Waals surface area contributed by atoms with Crippen LogP contribution in [-0.4, -0.2) is 46.4 Å². The van der Waals surface area contributed by atoms with Crippen LogP contribution >= 0.6 is 23.4 Å². The van der Waals surface area contributed by atoms with Crippen molar-refractivity contribution in [2.24, 2.45) is 0 Å². The number of carbonyl (C=O) groups excluding carboxylic acids is 1. The molecule has 0 radical (unpaired) electrons. The number of nitrogens with one attached hydrogen (secondary N) is 1. The molecule has 104 valence electrons. The fourth-order valence-corrected chi connectivity index (χ4v) is 3.81. The van der Waals surface area contributed by atoms with Gasteiger partial charge >= 0.3 is 0 Å². The quantitative estimate of drug-likeness (QED) is 0.853. The molecule has 6 heteroatoms. The van der Waals surface area contributed by atoms with Crippen molar-refractivity contribution in [3.63, 3.8) is 0 Å². The van der Waals surface area contributed by atoms with Crippen LogP contribution in [0.2, 0.25) is 5.15 Å². The number of hydrogen-bond donors (Lipinski definition) is 1. The number of pyridine rings is 1. The number of nitrogens with zero attached hydrogens (tertiary/aromatic N) is 2. The predicted molar refractivity (Wildman–Crippen MR) is 81.2 cm³/mol. The van der Waals surface area contributed by atoms with Gasteiger partial charge in [-0.05, 0) is 12.1 Å². The minimum atomic E-state index is 0.0276. The van der Waals surface area contributed by atoms with E-state index >= 15 is 0 Å². The van der Waals surface area contributed by atoms with Gasteiger partial charge in [-0.2, -0.15) is 11.8 Å². The lowest BCUT2D eigenvalue weighted by Crippen LogP contribution is -2.44. The van der Waals surface area contributed by atoms with Crippen molar-refractivity contribution in [1.29, 1.82) is 0 Å². The molecule has 19 heavy (non-hydrogen) atoms. The Morgan fingerprint density at radius 2 is 2.05 bits per heavy atom. The molecule has 1 aromatic heterocycles. The third-order valence-electron chi connectivity index (χ3n) is 3.00. The van der Waals surface area contributed by atoms with Gasteiger partial charge in [0.15, 0.2) is 0 Å². The molecule has 2 atom stereocenters. The van der Waals surface area contributed by atoms with Gasteiger partial charge in [0.2, 0.25) is 0 Å². The number of halogens is 1. The molecule has 4 nitrogen and oxygen atoms in total. The van der Waals surface area contributed by atoms with Crippen LogP contribution < -0.4 is 5.32 Å². The predicted octanol–water partition coefficient (Wildman–Crippen LogP) is 2.74. The van der Waals surface area contributed by atoms with E-state index in [4.69, 9.17) is 11.6 Å².